The third-order valence-corrected chi connectivity index (χ3v) is 4.17. The minimum absolute atomic E-state index is 0.229. The normalized spacial score (nSPS) is 23.4. The molecule has 0 radical (unpaired) electrons. The number of carbonyl (C=O) groups excluding carboxylic acids is 1. The van der Waals surface area contributed by atoms with E-state index in [1.165, 1.54) is 5.56 Å². The van der Waals surface area contributed by atoms with E-state index in [0.29, 0.717) is 18.4 Å². The number of nitrogens with one attached hydrogen (secondary N) is 1. The SMILES string of the molecule is CCC1CN(C(=O)CNC)CCC1c1ccccc1. The van der Waals surface area contributed by atoms with Gasteiger partial charge in [-0.25, -0.2) is 0 Å². The molecule has 3 nitrogen and oxygen atoms in total. The fourth-order valence-electron chi connectivity index (χ4n) is 3.07. The van der Waals surface area contributed by atoms with Gasteiger partial charge in [0.2, 0.25) is 5.91 Å². The molecule has 2 unspecified atom stereocenters. The molecular formula is C16H24N2O. The van der Waals surface area contributed by atoms with Crippen LogP contribution in [0.3, 0.4) is 0 Å². The van der Waals surface area contributed by atoms with Crippen molar-refractivity contribution in [1.29, 1.82) is 0 Å². The molecule has 1 aromatic carbocycles. The Balaban J connectivity index is 2.05. The number of piperidine rings is 1. The van der Waals surface area contributed by atoms with Crippen LogP contribution in [-0.2, 0) is 4.79 Å². The summed E-state index contributed by atoms with van der Waals surface area (Å²) in [6, 6.07) is 10.7. The summed E-state index contributed by atoms with van der Waals surface area (Å²) in [7, 11) is 1.83. The van der Waals surface area contributed by atoms with Crippen LogP contribution in [0, 0.1) is 5.92 Å². The summed E-state index contributed by atoms with van der Waals surface area (Å²) in [4.78, 5) is 14.0. The lowest BCUT2D eigenvalue weighted by atomic mass is 9.79. The molecule has 0 spiro atoms. The Morgan fingerprint density at radius 1 is 1.37 bits per heavy atom. The van der Waals surface area contributed by atoms with Gasteiger partial charge in [-0.15, -0.1) is 0 Å². The van der Waals surface area contributed by atoms with Gasteiger partial charge in [-0.05, 0) is 30.9 Å². The summed E-state index contributed by atoms with van der Waals surface area (Å²) in [5.74, 6) is 1.41. The number of likely N-dealkylation sites (tertiary alicyclic amines) is 1. The molecule has 1 heterocycles. The molecule has 0 aromatic heterocycles. The Morgan fingerprint density at radius 3 is 2.74 bits per heavy atom. The first kappa shape index (κ1) is 14.1. The third kappa shape index (κ3) is 3.35. The fourth-order valence-corrected chi connectivity index (χ4v) is 3.07. The molecule has 0 bridgehead atoms. The summed E-state index contributed by atoms with van der Waals surface area (Å²) in [5, 5.41) is 2.95. The van der Waals surface area contributed by atoms with Gasteiger partial charge in [0.25, 0.3) is 0 Å². The van der Waals surface area contributed by atoms with Crippen molar-refractivity contribution in [2.24, 2.45) is 5.92 Å². The zero-order chi connectivity index (χ0) is 13.7. The van der Waals surface area contributed by atoms with Crippen molar-refractivity contribution < 1.29 is 4.79 Å². The maximum Gasteiger partial charge on any atom is 0.236 e. The Kier molecular flexibility index (Phi) is 4.97. The second kappa shape index (κ2) is 6.71. The van der Waals surface area contributed by atoms with E-state index in [4.69, 9.17) is 0 Å². The van der Waals surface area contributed by atoms with Crippen molar-refractivity contribution in [2.75, 3.05) is 26.7 Å². The van der Waals surface area contributed by atoms with Gasteiger partial charge < -0.3 is 10.2 Å². The molecule has 2 atom stereocenters. The highest BCUT2D eigenvalue weighted by atomic mass is 16.2. The second-order valence-corrected chi connectivity index (χ2v) is 5.34. The predicted octanol–water partition coefficient (Wildman–Crippen LogP) is 2.25. The van der Waals surface area contributed by atoms with Crippen molar-refractivity contribution in [3.63, 3.8) is 0 Å². The minimum Gasteiger partial charge on any atom is -0.341 e. The molecule has 1 aromatic rings. The van der Waals surface area contributed by atoms with E-state index in [-0.39, 0.29) is 5.91 Å². The highest BCUT2D eigenvalue weighted by Gasteiger charge is 2.30. The van der Waals surface area contributed by atoms with Crippen LogP contribution in [0.25, 0.3) is 0 Å². The number of rotatable bonds is 4. The van der Waals surface area contributed by atoms with E-state index >= 15 is 0 Å². The molecule has 0 aliphatic carbocycles. The molecule has 1 fully saturated rings. The largest absolute Gasteiger partial charge is 0.341 e. The summed E-state index contributed by atoms with van der Waals surface area (Å²) >= 11 is 0. The molecule has 104 valence electrons. The topological polar surface area (TPSA) is 32.3 Å². The van der Waals surface area contributed by atoms with Gasteiger partial charge in [0.1, 0.15) is 0 Å². The van der Waals surface area contributed by atoms with Gasteiger partial charge in [-0.3, -0.25) is 4.79 Å². The average Bonchev–Trinajstić information content (AvgIpc) is 2.47. The van der Waals surface area contributed by atoms with Crippen LogP contribution >= 0.6 is 0 Å². The first-order valence-corrected chi connectivity index (χ1v) is 7.23. The van der Waals surface area contributed by atoms with Gasteiger partial charge in [0.15, 0.2) is 0 Å². The summed E-state index contributed by atoms with van der Waals surface area (Å²) < 4.78 is 0. The molecule has 19 heavy (non-hydrogen) atoms. The monoisotopic (exact) mass is 260 g/mol. The smallest absolute Gasteiger partial charge is 0.236 e. The van der Waals surface area contributed by atoms with E-state index in [0.717, 1.165) is 25.9 Å². The summed E-state index contributed by atoms with van der Waals surface area (Å²) in [5.41, 5.74) is 1.43. The van der Waals surface area contributed by atoms with Crippen LogP contribution in [0.4, 0.5) is 0 Å². The predicted molar refractivity (Wildman–Crippen MR) is 78.1 cm³/mol. The Labute approximate surface area is 116 Å². The summed E-state index contributed by atoms with van der Waals surface area (Å²) in [6.07, 6.45) is 2.21. The molecule has 0 saturated carbocycles. The molecule has 1 aliphatic heterocycles. The lowest BCUT2D eigenvalue weighted by Crippen LogP contribution is -2.45. The number of likely N-dealkylation sites (N-methyl/N-ethyl adjacent to an activating group) is 1. The minimum atomic E-state index is 0.229. The highest BCUT2D eigenvalue weighted by Crippen LogP contribution is 2.34. The van der Waals surface area contributed by atoms with Crippen molar-refractivity contribution >= 4 is 5.91 Å². The van der Waals surface area contributed by atoms with Crippen LogP contribution in [0.15, 0.2) is 30.3 Å². The van der Waals surface area contributed by atoms with Gasteiger partial charge in [-0.2, -0.15) is 0 Å². The maximum atomic E-state index is 12.0. The number of hydrogen-bond acceptors (Lipinski definition) is 2. The zero-order valence-electron chi connectivity index (χ0n) is 11.9. The van der Waals surface area contributed by atoms with Crippen molar-refractivity contribution in [2.45, 2.75) is 25.7 Å². The van der Waals surface area contributed by atoms with Gasteiger partial charge in [0.05, 0.1) is 6.54 Å². The molecular weight excluding hydrogens is 236 g/mol. The third-order valence-electron chi connectivity index (χ3n) is 4.17. The number of amides is 1. The lowest BCUT2D eigenvalue weighted by molar-refractivity contribution is -0.132. The molecule has 2 rings (SSSR count). The quantitative estimate of drug-likeness (QED) is 0.900. The van der Waals surface area contributed by atoms with Crippen molar-refractivity contribution in [3.8, 4) is 0 Å². The van der Waals surface area contributed by atoms with Crippen LogP contribution in [-0.4, -0.2) is 37.5 Å². The van der Waals surface area contributed by atoms with Gasteiger partial charge >= 0.3 is 0 Å². The maximum absolute atomic E-state index is 12.0. The van der Waals surface area contributed by atoms with Crippen LogP contribution < -0.4 is 5.32 Å². The van der Waals surface area contributed by atoms with E-state index < -0.39 is 0 Å². The van der Waals surface area contributed by atoms with Crippen LogP contribution in [0.1, 0.15) is 31.2 Å². The zero-order valence-corrected chi connectivity index (χ0v) is 11.9. The average molecular weight is 260 g/mol. The van der Waals surface area contributed by atoms with Crippen molar-refractivity contribution in [3.05, 3.63) is 35.9 Å². The number of carbonyl (C=O) groups is 1. The molecule has 1 amide bonds. The molecule has 1 N–H and O–H groups in total. The molecule has 3 heteroatoms. The number of benzene rings is 1. The fraction of sp³-hybridized carbons (Fsp3) is 0.562. The Hall–Kier alpha value is -1.35. The van der Waals surface area contributed by atoms with Gasteiger partial charge in [-0.1, -0.05) is 43.7 Å². The highest BCUT2D eigenvalue weighted by molar-refractivity contribution is 5.78. The standard InChI is InChI=1S/C16H24N2O/c1-3-13-12-18(16(19)11-17-2)10-9-15(13)14-7-5-4-6-8-14/h4-8,13,15,17H,3,9-12H2,1-2H3. The van der Waals surface area contributed by atoms with Crippen molar-refractivity contribution in [1.82, 2.24) is 10.2 Å². The number of nitrogens with zero attached hydrogens (tertiary/aromatic N) is 1. The molecule has 1 saturated heterocycles. The number of hydrogen-bond donors (Lipinski definition) is 1. The lowest BCUT2D eigenvalue weighted by Gasteiger charge is -2.38. The van der Waals surface area contributed by atoms with E-state index in [1.807, 2.05) is 11.9 Å². The van der Waals surface area contributed by atoms with Crippen LogP contribution in [0.2, 0.25) is 0 Å². The van der Waals surface area contributed by atoms with E-state index in [9.17, 15) is 4.79 Å². The Bertz CT molecular complexity index is 404. The summed E-state index contributed by atoms with van der Waals surface area (Å²) in [6.45, 7) is 4.46. The first-order chi connectivity index (χ1) is 9.26. The van der Waals surface area contributed by atoms with Crippen LogP contribution in [0.5, 0.6) is 0 Å². The Morgan fingerprint density at radius 2 is 2.11 bits per heavy atom. The van der Waals surface area contributed by atoms with Gasteiger partial charge in [0, 0.05) is 13.1 Å². The van der Waals surface area contributed by atoms with E-state index in [1.54, 1.807) is 0 Å². The molecule has 1 aliphatic rings. The second-order valence-electron chi connectivity index (χ2n) is 5.34. The van der Waals surface area contributed by atoms with E-state index in [2.05, 4.69) is 42.6 Å². The first-order valence-electron chi connectivity index (χ1n) is 7.23.